The van der Waals surface area contributed by atoms with Crippen LogP contribution >= 0.6 is 0 Å². The first-order valence-electron chi connectivity index (χ1n) is 8.60. The van der Waals surface area contributed by atoms with E-state index in [0.717, 1.165) is 5.75 Å². The molecule has 1 atom stereocenters. The lowest BCUT2D eigenvalue weighted by atomic mass is 9.75. The molecule has 1 N–H and O–H groups in total. The molecule has 116 valence electrons. The van der Waals surface area contributed by atoms with Crippen LogP contribution in [0, 0.1) is 5.41 Å². The SMILES string of the molecule is COc1ccc2c(c1)CCCC2NCC1(C)CCCCC1. The minimum atomic E-state index is 0.516. The molecule has 0 amide bonds. The maximum atomic E-state index is 5.37. The van der Waals surface area contributed by atoms with E-state index in [1.54, 1.807) is 7.11 Å². The van der Waals surface area contributed by atoms with Crippen molar-refractivity contribution in [1.29, 1.82) is 0 Å². The van der Waals surface area contributed by atoms with Gasteiger partial charge in [-0.2, -0.15) is 0 Å². The van der Waals surface area contributed by atoms with Gasteiger partial charge in [-0.1, -0.05) is 32.3 Å². The number of hydrogen-bond donors (Lipinski definition) is 1. The monoisotopic (exact) mass is 287 g/mol. The summed E-state index contributed by atoms with van der Waals surface area (Å²) in [5, 5.41) is 3.88. The van der Waals surface area contributed by atoms with Crippen LogP contribution in [0.4, 0.5) is 0 Å². The number of aryl methyl sites for hydroxylation is 1. The van der Waals surface area contributed by atoms with Gasteiger partial charge in [-0.15, -0.1) is 0 Å². The topological polar surface area (TPSA) is 21.3 Å². The molecule has 0 radical (unpaired) electrons. The Morgan fingerprint density at radius 3 is 2.76 bits per heavy atom. The highest BCUT2D eigenvalue weighted by atomic mass is 16.5. The van der Waals surface area contributed by atoms with E-state index in [0.29, 0.717) is 11.5 Å². The van der Waals surface area contributed by atoms with Gasteiger partial charge in [-0.05, 0) is 60.8 Å². The first-order valence-corrected chi connectivity index (χ1v) is 8.60. The molecular weight excluding hydrogens is 258 g/mol. The van der Waals surface area contributed by atoms with E-state index in [2.05, 4.69) is 30.4 Å². The van der Waals surface area contributed by atoms with Crippen molar-refractivity contribution in [2.45, 2.75) is 64.3 Å². The van der Waals surface area contributed by atoms with E-state index in [1.165, 1.54) is 69.0 Å². The molecule has 2 aliphatic rings. The molecule has 0 bridgehead atoms. The molecule has 2 heteroatoms. The average molecular weight is 287 g/mol. The highest BCUT2D eigenvalue weighted by molar-refractivity contribution is 5.39. The number of fused-ring (bicyclic) bond motifs is 1. The minimum Gasteiger partial charge on any atom is -0.497 e. The predicted molar refractivity (Wildman–Crippen MR) is 87.9 cm³/mol. The van der Waals surface area contributed by atoms with Gasteiger partial charge in [-0.3, -0.25) is 0 Å². The standard InChI is InChI=1S/C19H29NO/c1-19(11-4-3-5-12-19)14-20-18-8-6-7-15-13-16(21-2)9-10-17(15)18/h9-10,13,18,20H,3-8,11-12,14H2,1-2H3. The largest absolute Gasteiger partial charge is 0.497 e. The van der Waals surface area contributed by atoms with E-state index in [4.69, 9.17) is 4.74 Å². The van der Waals surface area contributed by atoms with Crippen LogP contribution in [-0.2, 0) is 6.42 Å². The highest BCUT2D eigenvalue weighted by Crippen LogP contribution is 2.37. The second kappa shape index (κ2) is 6.39. The van der Waals surface area contributed by atoms with Gasteiger partial charge in [0.15, 0.2) is 0 Å². The van der Waals surface area contributed by atoms with E-state index >= 15 is 0 Å². The fourth-order valence-corrected chi connectivity index (χ4v) is 4.08. The van der Waals surface area contributed by atoms with Crippen LogP contribution in [0.15, 0.2) is 18.2 Å². The van der Waals surface area contributed by atoms with Crippen LogP contribution in [0.25, 0.3) is 0 Å². The fraction of sp³-hybridized carbons (Fsp3) is 0.684. The lowest BCUT2D eigenvalue weighted by Gasteiger charge is -2.36. The second-order valence-electron chi connectivity index (χ2n) is 7.26. The Morgan fingerprint density at radius 1 is 1.19 bits per heavy atom. The summed E-state index contributed by atoms with van der Waals surface area (Å²) in [4.78, 5) is 0. The first-order chi connectivity index (χ1) is 10.2. The summed E-state index contributed by atoms with van der Waals surface area (Å²) in [5.74, 6) is 0.994. The summed E-state index contributed by atoms with van der Waals surface area (Å²) in [6, 6.07) is 7.15. The molecule has 0 saturated heterocycles. The van der Waals surface area contributed by atoms with Crippen molar-refractivity contribution < 1.29 is 4.74 Å². The average Bonchev–Trinajstić information content (AvgIpc) is 2.53. The molecule has 0 spiro atoms. The lowest BCUT2D eigenvalue weighted by Crippen LogP contribution is -2.36. The molecule has 1 aromatic carbocycles. The van der Waals surface area contributed by atoms with Crippen LogP contribution in [0.1, 0.15) is 69.0 Å². The number of rotatable bonds is 4. The molecule has 2 aliphatic carbocycles. The van der Waals surface area contributed by atoms with Crippen molar-refractivity contribution in [2.24, 2.45) is 5.41 Å². The summed E-state index contributed by atoms with van der Waals surface area (Å²) in [7, 11) is 1.75. The molecule has 2 nitrogen and oxygen atoms in total. The van der Waals surface area contributed by atoms with Crippen LogP contribution in [0.5, 0.6) is 5.75 Å². The van der Waals surface area contributed by atoms with Crippen LogP contribution < -0.4 is 10.1 Å². The Balaban J connectivity index is 1.67. The third-order valence-electron chi connectivity index (χ3n) is 5.50. The molecule has 0 aliphatic heterocycles. The number of hydrogen-bond acceptors (Lipinski definition) is 2. The van der Waals surface area contributed by atoms with Crippen molar-refractivity contribution in [1.82, 2.24) is 5.32 Å². The zero-order valence-corrected chi connectivity index (χ0v) is 13.6. The predicted octanol–water partition coefficient (Wildman–Crippen LogP) is 4.63. The fourth-order valence-electron chi connectivity index (χ4n) is 4.08. The number of ether oxygens (including phenoxy) is 1. The first kappa shape index (κ1) is 14.9. The molecule has 0 aromatic heterocycles. The molecule has 21 heavy (non-hydrogen) atoms. The lowest BCUT2D eigenvalue weighted by molar-refractivity contribution is 0.197. The third kappa shape index (κ3) is 3.42. The zero-order valence-electron chi connectivity index (χ0n) is 13.6. The Morgan fingerprint density at radius 2 is 2.00 bits per heavy atom. The van der Waals surface area contributed by atoms with Crippen molar-refractivity contribution in [2.75, 3.05) is 13.7 Å². The number of methoxy groups -OCH3 is 1. The van der Waals surface area contributed by atoms with E-state index < -0.39 is 0 Å². The molecule has 1 fully saturated rings. The minimum absolute atomic E-state index is 0.516. The Hall–Kier alpha value is -1.02. The third-order valence-corrected chi connectivity index (χ3v) is 5.50. The molecule has 1 unspecified atom stereocenters. The Kier molecular flexibility index (Phi) is 4.54. The van der Waals surface area contributed by atoms with Gasteiger partial charge in [0.05, 0.1) is 7.11 Å². The summed E-state index contributed by atoms with van der Waals surface area (Å²) in [6.45, 7) is 3.64. The quantitative estimate of drug-likeness (QED) is 0.871. The van der Waals surface area contributed by atoms with Crippen molar-refractivity contribution >= 4 is 0 Å². The number of nitrogens with one attached hydrogen (secondary N) is 1. The highest BCUT2D eigenvalue weighted by Gasteiger charge is 2.28. The van der Waals surface area contributed by atoms with Gasteiger partial charge < -0.3 is 10.1 Å². The van der Waals surface area contributed by atoms with Crippen LogP contribution in [0.3, 0.4) is 0 Å². The zero-order chi connectivity index (χ0) is 14.7. The summed E-state index contributed by atoms with van der Waals surface area (Å²) in [5.41, 5.74) is 3.50. The summed E-state index contributed by atoms with van der Waals surface area (Å²) in [6.07, 6.45) is 10.8. The summed E-state index contributed by atoms with van der Waals surface area (Å²) < 4.78 is 5.37. The van der Waals surface area contributed by atoms with Gasteiger partial charge >= 0.3 is 0 Å². The van der Waals surface area contributed by atoms with Crippen molar-refractivity contribution in [3.63, 3.8) is 0 Å². The van der Waals surface area contributed by atoms with E-state index in [9.17, 15) is 0 Å². The Bertz CT molecular complexity index is 476. The smallest absolute Gasteiger partial charge is 0.119 e. The van der Waals surface area contributed by atoms with Crippen molar-refractivity contribution in [3.8, 4) is 5.75 Å². The van der Waals surface area contributed by atoms with Crippen LogP contribution in [0.2, 0.25) is 0 Å². The van der Waals surface area contributed by atoms with E-state index in [1.807, 2.05) is 0 Å². The van der Waals surface area contributed by atoms with Gasteiger partial charge in [0.25, 0.3) is 0 Å². The van der Waals surface area contributed by atoms with E-state index in [-0.39, 0.29) is 0 Å². The molecular formula is C19H29NO. The molecule has 1 saturated carbocycles. The summed E-state index contributed by atoms with van der Waals surface area (Å²) >= 11 is 0. The van der Waals surface area contributed by atoms with Crippen LogP contribution in [-0.4, -0.2) is 13.7 Å². The Labute approximate surface area is 129 Å². The number of benzene rings is 1. The molecule has 0 heterocycles. The van der Waals surface area contributed by atoms with Gasteiger partial charge in [0.2, 0.25) is 0 Å². The molecule has 1 aromatic rings. The normalized spacial score (nSPS) is 24.4. The molecule has 3 rings (SSSR count). The maximum absolute atomic E-state index is 5.37. The second-order valence-corrected chi connectivity index (χ2v) is 7.26. The van der Waals surface area contributed by atoms with Gasteiger partial charge in [0, 0.05) is 12.6 Å². The maximum Gasteiger partial charge on any atom is 0.119 e. The van der Waals surface area contributed by atoms with Crippen molar-refractivity contribution in [3.05, 3.63) is 29.3 Å². The van der Waals surface area contributed by atoms with Gasteiger partial charge in [0.1, 0.15) is 5.75 Å². The van der Waals surface area contributed by atoms with Gasteiger partial charge in [-0.25, -0.2) is 0 Å².